The largest absolute Gasteiger partial charge is 0.507 e. The number of phenolic OH excluding ortho intramolecular Hbond substituents is 1. The standard InChI is InChI=1S/C14H22N2O2/c1-10-5-6-13(17)12(9-10)14(18)15-11(2)7-8-16(3)4/h5-6,9,11,17H,7-8H2,1-4H3,(H,15,18)/t11-/m1/s1. The van der Waals surface area contributed by atoms with Crippen molar-refractivity contribution in [2.75, 3.05) is 20.6 Å². The van der Waals surface area contributed by atoms with Gasteiger partial charge in [-0.05, 0) is 53.0 Å². The van der Waals surface area contributed by atoms with Crippen LogP contribution in [0.5, 0.6) is 5.75 Å². The molecule has 0 heterocycles. The number of carbonyl (C=O) groups is 1. The Kier molecular flexibility index (Phi) is 5.16. The van der Waals surface area contributed by atoms with Crippen LogP contribution in [0.2, 0.25) is 0 Å². The van der Waals surface area contributed by atoms with E-state index in [4.69, 9.17) is 0 Å². The van der Waals surface area contributed by atoms with Crippen LogP contribution in [0.15, 0.2) is 18.2 Å². The molecule has 0 aliphatic heterocycles. The molecular weight excluding hydrogens is 228 g/mol. The first-order valence-electron chi connectivity index (χ1n) is 6.15. The molecule has 0 aliphatic carbocycles. The molecule has 18 heavy (non-hydrogen) atoms. The summed E-state index contributed by atoms with van der Waals surface area (Å²) < 4.78 is 0. The second-order valence-corrected chi connectivity index (χ2v) is 4.99. The minimum absolute atomic E-state index is 0.0258. The number of nitrogens with one attached hydrogen (secondary N) is 1. The lowest BCUT2D eigenvalue weighted by Gasteiger charge is -2.17. The van der Waals surface area contributed by atoms with Gasteiger partial charge in [0.15, 0.2) is 0 Å². The number of amides is 1. The van der Waals surface area contributed by atoms with Gasteiger partial charge in [0, 0.05) is 6.04 Å². The van der Waals surface area contributed by atoms with Crippen LogP contribution in [-0.2, 0) is 0 Å². The molecule has 0 spiro atoms. The third kappa shape index (κ3) is 4.37. The van der Waals surface area contributed by atoms with Crippen LogP contribution < -0.4 is 5.32 Å². The average Bonchev–Trinajstić information content (AvgIpc) is 2.29. The van der Waals surface area contributed by atoms with E-state index in [9.17, 15) is 9.90 Å². The third-order valence-corrected chi connectivity index (χ3v) is 2.78. The highest BCUT2D eigenvalue weighted by atomic mass is 16.3. The van der Waals surface area contributed by atoms with E-state index in [1.807, 2.05) is 27.9 Å². The van der Waals surface area contributed by atoms with E-state index < -0.39 is 0 Å². The molecule has 4 nitrogen and oxygen atoms in total. The Labute approximate surface area is 109 Å². The lowest BCUT2D eigenvalue weighted by Crippen LogP contribution is -2.34. The number of rotatable bonds is 5. The predicted molar refractivity (Wildman–Crippen MR) is 72.9 cm³/mol. The molecule has 1 amide bonds. The van der Waals surface area contributed by atoms with Gasteiger partial charge in [-0.2, -0.15) is 0 Å². The summed E-state index contributed by atoms with van der Waals surface area (Å²) in [5, 5.41) is 12.6. The molecule has 0 aromatic heterocycles. The fourth-order valence-corrected chi connectivity index (χ4v) is 1.66. The summed E-state index contributed by atoms with van der Waals surface area (Å²) in [4.78, 5) is 14.1. The molecular formula is C14H22N2O2. The summed E-state index contributed by atoms with van der Waals surface area (Å²) in [5.74, 6) is -0.194. The van der Waals surface area contributed by atoms with Crippen LogP contribution >= 0.6 is 0 Å². The van der Waals surface area contributed by atoms with E-state index in [1.54, 1.807) is 18.2 Å². The van der Waals surface area contributed by atoms with Gasteiger partial charge in [0.2, 0.25) is 0 Å². The molecule has 4 heteroatoms. The zero-order valence-corrected chi connectivity index (χ0v) is 11.5. The highest BCUT2D eigenvalue weighted by Gasteiger charge is 2.13. The number of phenols is 1. The minimum Gasteiger partial charge on any atom is -0.507 e. The summed E-state index contributed by atoms with van der Waals surface area (Å²) in [5.41, 5.74) is 1.30. The van der Waals surface area contributed by atoms with Crippen molar-refractivity contribution in [1.82, 2.24) is 10.2 Å². The Morgan fingerprint density at radius 2 is 2.11 bits per heavy atom. The minimum atomic E-state index is -0.220. The lowest BCUT2D eigenvalue weighted by molar-refractivity contribution is 0.0934. The van der Waals surface area contributed by atoms with E-state index in [2.05, 4.69) is 10.2 Å². The Morgan fingerprint density at radius 1 is 1.44 bits per heavy atom. The maximum Gasteiger partial charge on any atom is 0.255 e. The average molecular weight is 250 g/mol. The molecule has 100 valence electrons. The highest BCUT2D eigenvalue weighted by Crippen LogP contribution is 2.18. The van der Waals surface area contributed by atoms with Crippen molar-refractivity contribution in [2.45, 2.75) is 26.3 Å². The fraction of sp³-hybridized carbons (Fsp3) is 0.500. The molecule has 1 atom stereocenters. The Hall–Kier alpha value is -1.55. The molecule has 0 bridgehead atoms. The van der Waals surface area contributed by atoms with Crippen molar-refractivity contribution in [3.63, 3.8) is 0 Å². The van der Waals surface area contributed by atoms with Gasteiger partial charge in [0.25, 0.3) is 5.91 Å². The van der Waals surface area contributed by atoms with Crippen molar-refractivity contribution in [1.29, 1.82) is 0 Å². The van der Waals surface area contributed by atoms with Crippen LogP contribution in [-0.4, -0.2) is 42.6 Å². The van der Waals surface area contributed by atoms with Gasteiger partial charge in [-0.3, -0.25) is 4.79 Å². The molecule has 1 rings (SSSR count). The highest BCUT2D eigenvalue weighted by molar-refractivity contribution is 5.97. The summed E-state index contributed by atoms with van der Waals surface area (Å²) in [6.07, 6.45) is 0.880. The second-order valence-electron chi connectivity index (χ2n) is 4.99. The predicted octanol–water partition coefficient (Wildman–Crippen LogP) is 1.77. The number of carbonyl (C=O) groups excluding carboxylic acids is 1. The van der Waals surface area contributed by atoms with Crippen LogP contribution in [0.3, 0.4) is 0 Å². The van der Waals surface area contributed by atoms with E-state index in [0.717, 1.165) is 18.5 Å². The number of hydrogen-bond donors (Lipinski definition) is 2. The zero-order chi connectivity index (χ0) is 13.7. The first kappa shape index (κ1) is 14.5. The molecule has 0 aliphatic rings. The molecule has 1 aromatic rings. The monoisotopic (exact) mass is 250 g/mol. The SMILES string of the molecule is Cc1ccc(O)c(C(=O)N[C@H](C)CCN(C)C)c1. The lowest BCUT2D eigenvalue weighted by atomic mass is 10.1. The Morgan fingerprint density at radius 3 is 2.72 bits per heavy atom. The Balaban J connectivity index is 2.62. The number of aromatic hydroxyl groups is 1. The molecule has 0 fully saturated rings. The molecule has 2 N–H and O–H groups in total. The summed E-state index contributed by atoms with van der Waals surface area (Å²) in [6, 6.07) is 5.11. The van der Waals surface area contributed by atoms with Gasteiger partial charge in [-0.15, -0.1) is 0 Å². The van der Waals surface area contributed by atoms with Crippen molar-refractivity contribution in [3.8, 4) is 5.75 Å². The van der Waals surface area contributed by atoms with E-state index in [1.165, 1.54) is 0 Å². The van der Waals surface area contributed by atoms with Crippen molar-refractivity contribution in [3.05, 3.63) is 29.3 Å². The number of nitrogens with zero attached hydrogens (tertiary/aromatic N) is 1. The second kappa shape index (κ2) is 6.40. The molecule has 0 radical (unpaired) electrons. The first-order chi connectivity index (χ1) is 8.40. The third-order valence-electron chi connectivity index (χ3n) is 2.78. The van der Waals surface area contributed by atoms with Gasteiger partial charge in [-0.25, -0.2) is 0 Å². The van der Waals surface area contributed by atoms with Gasteiger partial charge >= 0.3 is 0 Å². The zero-order valence-electron chi connectivity index (χ0n) is 11.5. The van der Waals surface area contributed by atoms with Crippen LogP contribution in [0.4, 0.5) is 0 Å². The van der Waals surface area contributed by atoms with Gasteiger partial charge in [0.05, 0.1) is 5.56 Å². The van der Waals surface area contributed by atoms with Crippen LogP contribution in [0.1, 0.15) is 29.3 Å². The quantitative estimate of drug-likeness (QED) is 0.837. The van der Waals surface area contributed by atoms with Crippen molar-refractivity contribution < 1.29 is 9.90 Å². The number of aryl methyl sites for hydroxylation is 1. The smallest absolute Gasteiger partial charge is 0.255 e. The van der Waals surface area contributed by atoms with Gasteiger partial charge < -0.3 is 15.3 Å². The Bertz CT molecular complexity index is 416. The maximum absolute atomic E-state index is 12.0. The summed E-state index contributed by atoms with van der Waals surface area (Å²) in [7, 11) is 4.00. The van der Waals surface area contributed by atoms with E-state index in [0.29, 0.717) is 5.56 Å². The van der Waals surface area contributed by atoms with Gasteiger partial charge in [-0.1, -0.05) is 11.6 Å². The first-order valence-corrected chi connectivity index (χ1v) is 6.15. The molecule has 0 saturated carbocycles. The maximum atomic E-state index is 12.0. The van der Waals surface area contributed by atoms with Crippen molar-refractivity contribution in [2.24, 2.45) is 0 Å². The topological polar surface area (TPSA) is 52.6 Å². The molecule has 1 aromatic carbocycles. The summed E-state index contributed by atoms with van der Waals surface area (Å²) in [6.45, 7) is 4.78. The van der Waals surface area contributed by atoms with Crippen molar-refractivity contribution >= 4 is 5.91 Å². The van der Waals surface area contributed by atoms with Crippen LogP contribution in [0.25, 0.3) is 0 Å². The van der Waals surface area contributed by atoms with E-state index in [-0.39, 0.29) is 17.7 Å². The number of benzene rings is 1. The fourth-order valence-electron chi connectivity index (χ4n) is 1.66. The van der Waals surface area contributed by atoms with Gasteiger partial charge in [0.1, 0.15) is 5.75 Å². The normalized spacial score (nSPS) is 12.5. The molecule has 0 unspecified atom stereocenters. The summed E-state index contributed by atoms with van der Waals surface area (Å²) >= 11 is 0. The van der Waals surface area contributed by atoms with Crippen LogP contribution in [0, 0.1) is 6.92 Å². The van der Waals surface area contributed by atoms with E-state index >= 15 is 0 Å². The number of hydrogen-bond acceptors (Lipinski definition) is 3. The molecule has 0 saturated heterocycles.